The Morgan fingerprint density at radius 3 is 2.85 bits per heavy atom. The largest absolute Gasteiger partial charge is 0.359 e. The summed E-state index contributed by atoms with van der Waals surface area (Å²) < 4.78 is 0. The van der Waals surface area contributed by atoms with Crippen molar-refractivity contribution in [3.8, 4) is 0 Å². The van der Waals surface area contributed by atoms with Crippen LogP contribution in [0.25, 0.3) is 0 Å². The first-order valence-electron chi connectivity index (χ1n) is 4.14. The van der Waals surface area contributed by atoms with Gasteiger partial charge in [-0.2, -0.15) is 5.06 Å². The molecule has 1 rings (SSSR count). The van der Waals surface area contributed by atoms with Gasteiger partial charge in [-0.1, -0.05) is 22.9 Å². The highest BCUT2D eigenvalue weighted by Gasteiger charge is 2.19. The second-order valence-electron chi connectivity index (χ2n) is 2.90. The summed E-state index contributed by atoms with van der Waals surface area (Å²) in [7, 11) is 1.91. The van der Waals surface area contributed by atoms with Crippen molar-refractivity contribution in [2.45, 2.75) is 18.2 Å². The van der Waals surface area contributed by atoms with Gasteiger partial charge in [-0.25, -0.2) is 4.79 Å². The van der Waals surface area contributed by atoms with Crippen LogP contribution in [0.1, 0.15) is 13.3 Å². The molecule has 13 heavy (non-hydrogen) atoms. The number of hydrogen-bond acceptors (Lipinski definition) is 4. The SMILES string of the molecule is CCC(Br)C(=O)ON1C=CN(C)C1. The average Bonchev–Trinajstić information content (AvgIpc) is 2.49. The molecule has 0 saturated carbocycles. The predicted octanol–water partition coefficient (Wildman–Crippen LogP) is 1.29. The molecule has 1 heterocycles. The van der Waals surface area contributed by atoms with Gasteiger partial charge in [0.25, 0.3) is 0 Å². The van der Waals surface area contributed by atoms with Crippen LogP contribution in [-0.4, -0.2) is 34.5 Å². The zero-order valence-electron chi connectivity index (χ0n) is 7.74. The van der Waals surface area contributed by atoms with E-state index in [0.717, 1.165) is 6.42 Å². The Balaban J connectivity index is 2.33. The van der Waals surface area contributed by atoms with Gasteiger partial charge < -0.3 is 9.74 Å². The number of carbonyl (C=O) groups is 1. The first-order valence-corrected chi connectivity index (χ1v) is 5.06. The molecule has 5 heteroatoms. The standard InChI is InChI=1S/C8H13BrN2O2/c1-3-7(9)8(12)13-11-5-4-10(2)6-11/h4-5,7H,3,6H2,1-2H3. The lowest BCUT2D eigenvalue weighted by atomic mass is 10.3. The van der Waals surface area contributed by atoms with Gasteiger partial charge >= 0.3 is 5.97 Å². The van der Waals surface area contributed by atoms with Crippen LogP contribution in [0.5, 0.6) is 0 Å². The second-order valence-corrected chi connectivity index (χ2v) is 4.01. The average molecular weight is 249 g/mol. The monoisotopic (exact) mass is 248 g/mol. The third-order valence-corrected chi connectivity index (χ3v) is 2.69. The minimum Gasteiger partial charge on any atom is -0.359 e. The van der Waals surface area contributed by atoms with Crippen molar-refractivity contribution in [3.05, 3.63) is 12.4 Å². The van der Waals surface area contributed by atoms with Crippen molar-refractivity contribution in [1.29, 1.82) is 0 Å². The number of halogens is 1. The Hall–Kier alpha value is -0.710. The van der Waals surface area contributed by atoms with E-state index >= 15 is 0 Å². The molecular weight excluding hydrogens is 236 g/mol. The molecule has 0 saturated heterocycles. The molecule has 0 fully saturated rings. The van der Waals surface area contributed by atoms with E-state index in [9.17, 15) is 4.79 Å². The van der Waals surface area contributed by atoms with Gasteiger partial charge in [-0.15, -0.1) is 0 Å². The van der Waals surface area contributed by atoms with Gasteiger partial charge in [-0.05, 0) is 6.42 Å². The number of hydroxylamine groups is 2. The molecule has 1 aliphatic rings. The highest BCUT2D eigenvalue weighted by Crippen LogP contribution is 2.10. The number of carbonyl (C=O) groups excluding carboxylic acids is 1. The highest BCUT2D eigenvalue weighted by molar-refractivity contribution is 9.10. The maximum Gasteiger partial charge on any atom is 0.345 e. The molecule has 0 aromatic carbocycles. The molecule has 0 aliphatic carbocycles. The Morgan fingerprint density at radius 2 is 2.38 bits per heavy atom. The molecular formula is C8H13BrN2O2. The highest BCUT2D eigenvalue weighted by atomic mass is 79.9. The molecule has 1 unspecified atom stereocenters. The quantitative estimate of drug-likeness (QED) is 0.706. The van der Waals surface area contributed by atoms with E-state index in [-0.39, 0.29) is 10.8 Å². The van der Waals surface area contributed by atoms with Crippen molar-refractivity contribution in [2.24, 2.45) is 0 Å². The van der Waals surface area contributed by atoms with Crippen LogP contribution < -0.4 is 0 Å². The molecule has 0 spiro atoms. The molecule has 0 amide bonds. The number of nitrogens with zero attached hydrogens (tertiary/aromatic N) is 2. The summed E-state index contributed by atoms with van der Waals surface area (Å²) in [6.07, 6.45) is 4.31. The van der Waals surface area contributed by atoms with Gasteiger partial charge in [0.1, 0.15) is 11.5 Å². The first-order chi connectivity index (χ1) is 6.13. The lowest BCUT2D eigenvalue weighted by molar-refractivity contribution is -0.179. The fourth-order valence-corrected chi connectivity index (χ4v) is 0.985. The fraction of sp³-hybridized carbons (Fsp3) is 0.625. The van der Waals surface area contributed by atoms with E-state index in [2.05, 4.69) is 15.9 Å². The summed E-state index contributed by atoms with van der Waals surface area (Å²) in [6, 6.07) is 0. The lowest BCUT2D eigenvalue weighted by Crippen LogP contribution is -2.29. The van der Waals surface area contributed by atoms with Gasteiger partial charge in [0.15, 0.2) is 0 Å². The zero-order valence-corrected chi connectivity index (χ0v) is 9.32. The minimum absolute atomic E-state index is 0.216. The molecule has 1 atom stereocenters. The predicted molar refractivity (Wildman–Crippen MR) is 52.7 cm³/mol. The molecule has 1 aliphatic heterocycles. The minimum atomic E-state index is -0.248. The Kier molecular flexibility index (Phi) is 3.59. The summed E-state index contributed by atoms with van der Waals surface area (Å²) >= 11 is 3.23. The molecule has 74 valence electrons. The summed E-state index contributed by atoms with van der Waals surface area (Å²) in [5, 5.41) is 1.51. The summed E-state index contributed by atoms with van der Waals surface area (Å²) in [4.78, 5) is 18.0. The first kappa shape index (κ1) is 10.4. The molecule has 0 bridgehead atoms. The van der Waals surface area contributed by atoms with Crippen LogP contribution in [0, 0.1) is 0 Å². The lowest BCUT2D eigenvalue weighted by Gasteiger charge is -2.18. The molecule has 0 radical (unpaired) electrons. The maximum absolute atomic E-state index is 11.3. The fourth-order valence-electron chi connectivity index (χ4n) is 0.901. The third-order valence-electron chi connectivity index (χ3n) is 1.67. The van der Waals surface area contributed by atoms with Crippen LogP contribution in [0.3, 0.4) is 0 Å². The van der Waals surface area contributed by atoms with Gasteiger partial charge in [0.05, 0.1) is 6.20 Å². The van der Waals surface area contributed by atoms with Crippen LogP contribution in [-0.2, 0) is 9.63 Å². The van der Waals surface area contributed by atoms with E-state index in [0.29, 0.717) is 6.67 Å². The molecule has 4 nitrogen and oxygen atoms in total. The number of rotatable bonds is 3. The van der Waals surface area contributed by atoms with Crippen molar-refractivity contribution in [1.82, 2.24) is 9.96 Å². The smallest absolute Gasteiger partial charge is 0.345 e. The van der Waals surface area contributed by atoms with E-state index < -0.39 is 0 Å². The maximum atomic E-state index is 11.3. The van der Waals surface area contributed by atoms with Crippen LogP contribution in [0.15, 0.2) is 12.4 Å². The Bertz CT molecular complexity index is 220. The topological polar surface area (TPSA) is 32.8 Å². The van der Waals surface area contributed by atoms with Crippen molar-refractivity contribution in [3.63, 3.8) is 0 Å². The summed E-state index contributed by atoms with van der Waals surface area (Å²) in [5.74, 6) is -0.248. The summed E-state index contributed by atoms with van der Waals surface area (Å²) in [6.45, 7) is 2.52. The van der Waals surface area contributed by atoms with Crippen molar-refractivity contribution in [2.75, 3.05) is 13.7 Å². The van der Waals surface area contributed by atoms with Gasteiger partial charge in [-0.3, -0.25) is 0 Å². The van der Waals surface area contributed by atoms with E-state index in [4.69, 9.17) is 4.84 Å². The van der Waals surface area contributed by atoms with E-state index in [1.165, 1.54) is 5.06 Å². The third kappa shape index (κ3) is 2.91. The van der Waals surface area contributed by atoms with Gasteiger partial charge in [0, 0.05) is 13.2 Å². The number of hydrogen-bond donors (Lipinski definition) is 0. The Morgan fingerprint density at radius 1 is 1.69 bits per heavy atom. The normalized spacial score (nSPS) is 17.8. The molecule has 0 aromatic heterocycles. The second kappa shape index (κ2) is 4.50. The van der Waals surface area contributed by atoms with Crippen LogP contribution in [0.2, 0.25) is 0 Å². The molecule has 0 N–H and O–H groups in total. The van der Waals surface area contributed by atoms with E-state index in [1.54, 1.807) is 6.20 Å². The number of alkyl halides is 1. The van der Waals surface area contributed by atoms with E-state index in [1.807, 2.05) is 25.1 Å². The molecule has 0 aromatic rings. The van der Waals surface area contributed by atoms with Crippen molar-refractivity contribution < 1.29 is 9.63 Å². The zero-order chi connectivity index (χ0) is 9.84. The van der Waals surface area contributed by atoms with Crippen LogP contribution in [0.4, 0.5) is 0 Å². The van der Waals surface area contributed by atoms with Crippen molar-refractivity contribution >= 4 is 21.9 Å². The van der Waals surface area contributed by atoms with Crippen LogP contribution >= 0.6 is 15.9 Å². The summed E-state index contributed by atoms with van der Waals surface area (Å²) in [5.41, 5.74) is 0. The van der Waals surface area contributed by atoms with Gasteiger partial charge in [0.2, 0.25) is 0 Å². The Labute approximate surface area is 86.2 Å².